The highest BCUT2D eigenvalue weighted by molar-refractivity contribution is 5.94. The Morgan fingerprint density at radius 1 is 1.07 bits per heavy atom. The molecule has 8 heteroatoms. The number of nitrogens with zero attached hydrogens (tertiary/aromatic N) is 3. The molecule has 40 heavy (non-hydrogen) atoms. The second-order valence-electron chi connectivity index (χ2n) is 9.69. The average Bonchev–Trinajstić information content (AvgIpc) is 2.99. The highest BCUT2D eigenvalue weighted by atomic mass is 16.5. The van der Waals surface area contributed by atoms with Gasteiger partial charge in [0, 0.05) is 18.2 Å². The molecule has 1 aliphatic carbocycles. The molecule has 1 heterocycles. The summed E-state index contributed by atoms with van der Waals surface area (Å²) in [6.07, 6.45) is 6.69. The van der Waals surface area contributed by atoms with E-state index in [9.17, 15) is 20.0 Å². The van der Waals surface area contributed by atoms with Crippen molar-refractivity contribution in [2.45, 2.75) is 45.3 Å². The number of aliphatic hydroxyl groups is 1. The van der Waals surface area contributed by atoms with Crippen molar-refractivity contribution < 1.29 is 24.2 Å². The van der Waals surface area contributed by atoms with Crippen LogP contribution < -0.4 is 9.64 Å². The third kappa shape index (κ3) is 7.13. The van der Waals surface area contributed by atoms with Gasteiger partial charge in [0.1, 0.15) is 17.6 Å². The van der Waals surface area contributed by atoms with E-state index in [1.807, 2.05) is 30.3 Å². The van der Waals surface area contributed by atoms with Gasteiger partial charge in [0.25, 0.3) is 0 Å². The zero-order chi connectivity index (χ0) is 28.5. The van der Waals surface area contributed by atoms with E-state index in [1.165, 1.54) is 13.2 Å². The van der Waals surface area contributed by atoms with Crippen LogP contribution in [0.4, 0.5) is 5.82 Å². The lowest BCUT2D eigenvalue weighted by Crippen LogP contribution is -2.38. The van der Waals surface area contributed by atoms with E-state index in [0.717, 1.165) is 22.3 Å². The summed E-state index contributed by atoms with van der Waals surface area (Å²) in [5, 5.41) is 19.4. The van der Waals surface area contributed by atoms with Gasteiger partial charge in [-0.2, -0.15) is 5.26 Å². The van der Waals surface area contributed by atoms with Gasteiger partial charge in [-0.25, -0.2) is 9.78 Å². The summed E-state index contributed by atoms with van der Waals surface area (Å²) < 4.78 is 10.2. The molecule has 206 valence electrons. The summed E-state index contributed by atoms with van der Waals surface area (Å²) in [7, 11) is 1.54. The molecule has 1 saturated carbocycles. The number of amides is 1. The first-order valence-corrected chi connectivity index (χ1v) is 13.4. The maximum absolute atomic E-state index is 13.8. The predicted octanol–water partition coefficient (Wildman–Crippen LogP) is 5.29. The second-order valence-corrected chi connectivity index (χ2v) is 9.69. The summed E-state index contributed by atoms with van der Waals surface area (Å²) in [4.78, 5) is 31.7. The summed E-state index contributed by atoms with van der Waals surface area (Å²) in [6.45, 7) is 2.35. The van der Waals surface area contributed by atoms with E-state index in [-0.39, 0.29) is 17.9 Å². The fourth-order valence-electron chi connectivity index (χ4n) is 4.82. The molecule has 1 fully saturated rings. The first kappa shape index (κ1) is 28.5. The predicted molar refractivity (Wildman–Crippen MR) is 152 cm³/mol. The molecule has 0 radical (unpaired) electrons. The van der Waals surface area contributed by atoms with Crippen molar-refractivity contribution in [2.24, 2.45) is 5.92 Å². The smallest absolute Gasteiger partial charge is 0.330 e. The van der Waals surface area contributed by atoms with Crippen LogP contribution in [0, 0.1) is 17.2 Å². The fraction of sp³-hybridized carbons (Fsp3) is 0.312. The van der Waals surface area contributed by atoms with Crippen LogP contribution in [-0.2, 0) is 20.9 Å². The van der Waals surface area contributed by atoms with Gasteiger partial charge in [0.15, 0.2) is 0 Å². The zero-order valence-electron chi connectivity index (χ0n) is 22.7. The number of hydrogen-bond acceptors (Lipinski definition) is 7. The molecule has 0 aliphatic heterocycles. The number of esters is 1. The maximum Gasteiger partial charge on any atom is 0.330 e. The lowest BCUT2D eigenvalue weighted by Gasteiger charge is -2.30. The van der Waals surface area contributed by atoms with Crippen LogP contribution in [0.3, 0.4) is 0 Å². The Morgan fingerprint density at radius 3 is 2.48 bits per heavy atom. The molecule has 2 aromatic carbocycles. The zero-order valence-corrected chi connectivity index (χ0v) is 22.7. The van der Waals surface area contributed by atoms with Crippen LogP contribution in [0.1, 0.15) is 49.3 Å². The number of benzene rings is 2. The average molecular weight is 540 g/mol. The number of carbonyl (C=O) groups is 2. The van der Waals surface area contributed by atoms with Crippen molar-refractivity contribution in [3.63, 3.8) is 0 Å². The molecule has 4 rings (SSSR count). The lowest BCUT2D eigenvalue weighted by atomic mass is 9.86. The van der Waals surface area contributed by atoms with Crippen LogP contribution in [0.5, 0.6) is 5.75 Å². The molecule has 0 spiro atoms. The van der Waals surface area contributed by atoms with Crippen molar-refractivity contribution in [1.29, 1.82) is 5.26 Å². The van der Waals surface area contributed by atoms with Crippen molar-refractivity contribution >= 4 is 23.8 Å². The summed E-state index contributed by atoms with van der Waals surface area (Å²) in [5.41, 5.74) is 3.92. The number of hydrogen-bond donors (Lipinski definition) is 1. The SMILES string of the molecule is CCOC(=O)/C=C/c1ccnc(N(Cc2ccc(-c3ccc(OC)c(C#N)c3)cc2)C(=O)C2CCC(O)CC2)c1. The van der Waals surface area contributed by atoms with Gasteiger partial charge in [-0.15, -0.1) is 0 Å². The van der Waals surface area contributed by atoms with Crippen LogP contribution in [0.25, 0.3) is 17.2 Å². The highest BCUT2D eigenvalue weighted by Crippen LogP contribution is 2.30. The maximum atomic E-state index is 13.8. The first-order valence-electron chi connectivity index (χ1n) is 13.4. The van der Waals surface area contributed by atoms with Gasteiger partial charge >= 0.3 is 5.97 Å². The summed E-state index contributed by atoms with van der Waals surface area (Å²) in [5.74, 6) is 0.336. The molecule has 1 amide bonds. The number of pyridine rings is 1. The number of anilines is 1. The number of aromatic nitrogens is 1. The Hall–Kier alpha value is -4.48. The van der Waals surface area contributed by atoms with E-state index in [4.69, 9.17) is 9.47 Å². The van der Waals surface area contributed by atoms with Gasteiger partial charge in [0.2, 0.25) is 5.91 Å². The van der Waals surface area contributed by atoms with E-state index < -0.39 is 5.97 Å². The number of aliphatic hydroxyl groups excluding tert-OH is 1. The van der Waals surface area contributed by atoms with Gasteiger partial charge in [-0.3, -0.25) is 9.69 Å². The number of nitriles is 1. The lowest BCUT2D eigenvalue weighted by molar-refractivity contribution is -0.137. The molecular formula is C32H33N3O5. The normalized spacial score (nSPS) is 16.8. The molecule has 0 atom stereocenters. The van der Waals surface area contributed by atoms with Gasteiger partial charge in [-0.1, -0.05) is 30.3 Å². The van der Waals surface area contributed by atoms with Gasteiger partial charge in [0.05, 0.1) is 31.9 Å². The molecule has 8 nitrogen and oxygen atoms in total. The first-order chi connectivity index (χ1) is 19.4. The molecule has 0 unspecified atom stereocenters. The van der Waals surface area contributed by atoms with E-state index >= 15 is 0 Å². The Morgan fingerprint density at radius 2 is 1.80 bits per heavy atom. The molecule has 0 bridgehead atoms. The monoisotopic (exact) mass is 539 g/mol. The summed E-state index contributed by atoms with van der Waals surface area (Å²) >= 11 is 0. The van der Waals surface area contributed by atoms with Crippen molar-refractivity contribution in [1.82, 2.24) is 4.98 Å². The van der Waals surface area contributed by atoms with Crippen LogP contribution in [0.2, 0.25) is 0 Å². The van der Waals surface area contributed by atoms with E-state index in [0.29, 0.717) is 56.0 Å². The Bertz CT molecular complexity index is 1400. The molecule has 1 aliphatic rings. The summed E-state index contributed by atoms with van der Waals surface area (Å²) in [6, 6.07) is 19.0. The third-order valence-corrected chi connectivity index (χ3v) is 7.00. The van der Waals surface area contributed by atoms with Crippen molar-refractivity contribution in [2.75, 3.05) is 18.6 Å². The second kappa shape index (κ2) is 13.5. The minimum atomic E-state index is -0.437. The molecular weight excluding hydrogens is 506 g/mol. The van der Waals surface area contributed by atoms with E-state index in [1.54, 1.807) is 48.4 Å². The minimum absolute atomic E-state index is 0.0381. The van der Waals surface area contributed by atoms with E-state index in [2.05, 4.69) is 11.1 Å². The topological polar surface area (TPSA) is 113 Å². The number of rotatable bonds is 9. The van der Waals surface area contributed by atoms with Crippen molar-refractivity contribution in [3.05, 3.63) is 83.6 Å². The highest BCUT2D eigenvalue weighted by Gasteiger charge is 2.30. The Labute approximate surface area is 234 Å². The fourth-order valence-corrected chi connectivity index (χ4v) is 4.82. The third-order valence-electron chi connectivity index (χ3n) is 7.00. The van der Waals surface area contributed by atoms with Crippen LogP contribution >= 0.6 is 0 Å². The number of methoxy groups -OCH3 is 1. The standard InChI is InChI=1S/C32H33N3O5/c1-3-40-31(37)15-6-22-16-17-34-30(18-22)35(32(38)25-9-12-28(36)13-10-25)21-23-4-7-24(8-5-23)26-11-14-29(39-2)27(19-26)20-33/h4-8,11,14-19,25,28,36H,3,9-10,12-13,21H2,1-2H3/b15-6+. The van der Waals surface area contributed by atoms with Gasteiger partial charge in [-0.05, 0) is 85.2 Å². The van der Waals surface area contributed by atoms with Crippen LogP contribution in [0.15, 0.2) is 66.9 Å². The largest absolute Gasteiger partial charge is 0.495 e. The molecule has 1 aromatic heterocycles. The molecule has 0 saturated heterocycles. The molecule has 1 N–H and O–H groups in total. The number of carbonyl (C=O) groups excluding carboxylic acids is 2. The number of ether oxygens (including phenoxy) is 2. The van der Waals surface area contributed by atoms with Crippen molar-refractivity contribution in [3.8, 4) is 22.9 Å². The molecule has 3 aromatic rings. The van der Waals surface area contributed by atoms with Crippen LogP contribution in [-0.4, -0.2) is 41.8 Å². The minimum Gasteiger partial charge on any atom is -0.495 e. The quantitative estimate of drug-likeness (QED) is 0.290. The Kier molecular flexibility index (Phi) is 9.66. The van der Waals surface area contributed by atoms with Gasteiger partial charge < -0.3 is 14.6 Å². The Balaban J connectivity index is 1.60.